The highest BCUT2D eigenvalue weighted by Gasteiger charge is 2.01. The summed E-state index contributed by atoms with van der Waals surface area (Å²) in [4.78, 5) is 22.6. The molecule has 4 heteroatoms. The lowest BCUT2D eigenvalue weighted by molar-refractivity contribution is -0.117. The molecule has 0 saturated carbocycles. The minimum atomic E-state index is -0.355. The van der Waals surface area contributed by atoms with Crippen molar-refractivity contribution in [3.8, 4) is 0 Å². The number of hydrogen-bond acceptors (Lipinski definition) is 3. The molecule has 0 fully saturated rings. The third-order valence-electron chi connectivity index (χ3n) is 1.68. The molecule has 0 saturated heterocycles. The van der Waals surface area contributed by atoms with E-state index < -0.39 is 0 Å². The van der Waals surface area contributed by atoms with Crippen LogP contribution in [-0.2, 0) is 4.79 Å². The smallest absolute Gasteiger partial charge is 0.221 e. The zero-order chi connectivity index (χ0) is 10.6. The largest absolute Gasteiger partial charge is 0.369 e. The first kappa shape index (κ1) is 10.7. The maximum atomic E-state index is 10.5. The van der Waals surface area contributed by atoms with Crippen LogP contribution in [0.5, 0.6) is 0 Å². The van der Waals surface area contributed by atoms with Crippen molar-refractivity contribution >= 4 is 29.6 Å². The molecule has 0 unspecified atom stereocenters. The maximum absolute atomic E-state index is 10.5. The van der Waals surface area contributed by atoms with Gasteiger partial charge in [0, 0.05) is 11.3 Å². The highest BCUT2D eigenvalue weighted by molar-refractivity contribution is 7.14. The van der Waals surface area contributed by atoms with Crippen LogP contribution < -0.4 is 5.73 Å². The quantitative estimate of drug-likeness (QED) is 0.768. The van der Waals surface area contributed by atoms with Gasteiger partial charge in [0.1, 0.15) is 0 Å². The Labute approximate surface area is 86.2 Å². The Bertz CT molecular complexity index is 379. The Kier molecular flexibility index (Phi) is 3.59. The fourth-order valence-electron chi connectivity index (χ4n) is 1.03. The van der Waals surface area contributed by atoms with Gasteiger partial charge in [-0.15, -0.1) is 11.3 Å². The van der Waals surface area contributed by atoms with E-state index in [0.29, 0.717) is 4.88 Å². The summed E-state index contributed by atoms with van der Waals surface area (Å²) in [7, 11) is 0. The molecule has 0 atom stereocenters. The lowest BCUT2D eigenvalue weighted by Crippen LogP contribution is -2.07. The number of amides is 1. The van der Waals surface area contributed by atoms with Gasteiger partial charge >= 0.3 is 0 Å². The first-order valence-corrected chi connectivity index (χ1v) is 4.95. The molecule has 0 spiro atoms. The first-order valence-electron chi connectivity index (χ1n) is 4.14. The molecule has 0 radical (unpaired) electrons. The average molecular weight is 209 g/mol. The summed E-state index contributed by atoms with van der Waals surface area (Å²) in [5, 5.41) is 0. The molecule has 74 valence electrons. The van der Waals surface area contributed by atoms with Crippen LogP contribution in [0.15, 0.2) is 12.1 Å². The van der Waals surface area contributed by atoms with Crippen molar-refractivity contribution in [2.45, 2.75) is 13.3 Å². The first-order chi connectivity index (χ1) is 6.63. The van der Waals surface area contributed by atoms with Crippen LogP contribution in [0.4, 0.5) is 0 Å². The molecule has 0 aliphatic rings. The van der Waals surface area contributed by atoms with Crippen LogP contribution >= 0.6 is 11.3 Å². The number of rotatable bonds is 4. The number of hydrogen-bond donors (Lipinski definition) is 1. The maximum Gasteiger partial charge on any atom is 0.221 e. The summed E-state index contributed by atoms with van der Waals surface area (Å²) in [5.74, 6) is -0.355. The van der Waals surface area contributed by atoms with Gasteiger partial charge in [0.25, 0.3) is 0 Å². The number of aryl methyl sites for hydroxylation is 1. The van der Waals surface area contributed by atoms with Gasteiger partial charge in [-0.3, -0.25) is 9.59 Å². The Morgan fingerprint density at radius 1 is 1.64 bits per heavy atom. The summed E-state index contributed by atoms with van der Waals surface area (Å²) >= 11 is 1.40. The van der Waals surface area contributed by atoms with Gasteiger partial charge in [-0.05, 0) is 24.6 Å². The lowest BCUT2D eigenvalue weighted by atomic mass is 10.2. The average Bonchev–Trinajstić information content (AvgIpc) is 2.47. The van der Waals surface area contributed by atoms with Gasteiger partial charge in [-0.1, -0.05) is 6.08 Å². The van der Waals surface area contributed by atoms with E-state index in [1.165, 1.54) is 11.3 Å². The lowest BCUT2D eigenvalue weighted by Gasteiger charge is -1.88. The van der Waals surface area contributed by atoms with Crippen LogP contribution in [0, 0.1) is 6.92 Å². The number of thiophene rings is 1. The molecule has 0 aliphatic carbocycles. The van der Waals surface area contributed by atoms with E-state index in [-0.39, 0.29) is 12.3 Å². The van der Waals surface area contributed by atoms with Gasteiger partial charge in [0.05, 0.1) is 4.88 Å². The molecule has 1 aromatic rings. The summed E-state index contributed by atoms with van der Waals surface area (Å²) in [6.07, 6.45) is 4.57. The van der Waals surface area contributed by atoms with Gasteiger partial charge < -0.3 is 5.73 Å². The van der Waals surface area contributed by atoms with Crippen LogP contribution in [0.25, 0.3) is 6.08 Å². The van der Waals surface area contributed by atoms with E-state index in [1.54, 1.807) is 6.08 Å². The van der Waals surface area contributed by atoms with E-state index in [1.807, 2.05) is 19.1 Å². The van der Waals surface area contributed by atoms with Crippen molar-refractivity contribution in [2.24, 2.45) is 5.73 Å². The molecule has 2 N–H and O–H groups in total. The van der Waals surface area contributed by atoms with E-state index in [4.69, 9.17) is 5.73 Å². The molecule has 14 heavy (non-hydrogen) atoms. The molecule has 0 aromatic carbocycles. The molecular formula is C10H11NO2S. The number of aldehydes is 1. The molecule has 1 aromatic heterocycles. The third kappa shape index (κ3) is 2.81. The Balaban J connectivity index is 2.75. The predicted molar refractivity (Wildman–Crippen MR) is 57.3 cm³/mol. The minimum absolute atomic E-state index is 0.230. The summed E-state index contributed by atoms with van der Waals surface area (Å²) in [5.41, 5.74) is 6.02. The van der Waals surface area contributed by atoms with Crippen molar-refractivity contribution in [3.63, 3.8) is 0 Å². The van der Waals surface area contributed by atoms with Crippen molar-refractivity contribution in [1.82, 2.24) is 0 Å². The van der Waals surface area contributed by atoms with Gasteiger partial charge in [0.15, 0.2) is 6.29 Å². The van der Waals surface area contributed by atoms with Crippen molar-refractivity contribution in [3.05, 3.63) is 27.5 Å². The Morgan fingerprint density at radius 3 is 2.86 bits per heavy atom. The van der Waals surface area contributed by atoms with E-state index >= 15 is 0 Å². The van der Waals surface area contributed by atoms with Crippen molar-refractivity contribution in [1.29, 1.82) is 0 Å². The zero-order valence-electron chi connectivity index (χ0n) is 7.82. The van der Waals surface area contributed by atoms with Crippen LogP contribution in [-0.4, -0.2) is 12.2 Å². The minimum Gasteiger partial charge on any atom is -0.369 e. The summed E-state index contributed by atoms with van der Waals surface area (Å²) in [6.45, 7) is 1.92. The number of carbonyl (C=O) groups excluding carboxylic acids is 2. The fraction of sp³-hybridized carbons (Fsp3) is 0.200. The third-order valence-corrected chi connectivity index (χ3v) is 2.81. The molecule has 3 nitrogen and oxygen atoms in total. The second-order valence-corrected chi connectivity index (χ2v) is 4.00. The van der Waals surface area contributed by atoms with Crippen molar-refractivity contribution < 1.29 is 9.59 Å². The highest BCUT2D eigenvalue weighted by Crippen LogP contribution is 2.21. The predicted octanol–water partition coefficient (Wildman–Crippen LogP) is 1.76. The fourth-order valence-corrected chi connectivity index (χ4v) is 1.95. The summed E-state index contributed by atoms with van der Waals surface area (Å²) < 4.78 is 0. The topological polar surface area (TPSA) is 60.2 Å². The summed E-state index contributed by atoms with van der Waals surface area (Å²) in [6, 6.07) is 1.82. The van der Waals surface area contributed by atoms with E-state index in [9.17, 15) is 9.59 Å². The molecule has 1 amide bonds. The Hall–Kier alpha value is -1.42. The second-order valence-electron chi connectivity index (χ2n) is 2.89. The molecule has 1 heterocycles. The highest BCUT2D eigenvalue weighted by atomic mass is 32.1. The number of carbonyl (C=O) groups is 2. The number of primary amides is 1. The molecular weight excluding hydrogens is 198 g/mol. The monoisotopic (exact) mass is 209 g/mol. The van der Waals surface area contributed by atoms with Crippen LogP contribution in [0.3, 0.4) is 0 Å². The SMILES string of the molecule is Cc1cc(C=O)sc1C=CCC(N)=O. The molecule has 1 rings (SSSR count). The van der Waals surface area contributed by atoms with Crippen molar-refractivity contribution in [2.75, 3.05) is 0 Å². The number of nitrogens with two attached hydrogens (primary N) is 1. The van der Waals surface area contributed by atoms with E-state index in [2.05, 4.69) is 0 Å². The van der Waals surface area contributed by atoms with Gasteiger partial charge in [0.2, 0.25) is 5.91 Å². The van der Waals surface area contributed by atoms with Crippen LogP contribution in [0.1, 0.15) is 26.5 Å². The van der Waals surface area contributed by atoms with Gasteiger partial charge in [-0.2, -0.15) is 0 Å². The van der Waals surface area contributed by atoms with Crippen LogP contribution in [0.2, 0.25) is 0 Å². The van der Waals surface area contributed by atoms with E-state index in [0.717, 1.165) is 16.7 Å². The standard InChI is InChI=1S/C10H11NO2S/c1-7-5-8(6-12)14-9(7)3-2-4-10(11)13/h2-3,5-6H,4H2,1H3,(H2,11,13). The van der Waals surface area contributed by atoms with Gasteiger partial charge in [-0.25, -0.2) is 0 Å². The molecule has 0 bridgehead atoms. The Morgan fingerprint density at radius 2 is 2.36 bits per heavy atom. The zero-order valence-corrected chi connectivity index (χ0v) is 8.64. The normalized spacial score (nSPS) is 10.6. The second kappa shape index (κ2) is 4.72. The molecule has 0 aliphatic heterocycles.